The number of hydrogen-bond acceptors (Lipinski definition) is 11. The fourth-order valence-electron chi connectivity index (χ4n) is 21.9. The fraction of sp³-hybridized carbons (Fsp3) is 0.0458. The van der Waals surface area contributed by atoms with E-state index in [-0.39, 0.29) is 0 Å². The number of para-hydroxylation sites is 8. The quantitative estimate of drug-likeness (QED) is 0.116. The minimum absolute atomic E-state index is 0.568. The van der Waals surface area contributed by atoms with E-state index in [1.165, 1.54) is 66.3 Å². The SMILES string of the molecule is Cc1cc(C)c2c(c1)c1cc(C)cc(C)c1n2-c1ccc(-c2nc(-c3ccccc3)cc(-c3ccccc3)n2)cc1.c1ccc(-c2cc(-c3ccccc3)nc(-c3cccc(N4c5ccccc5C5(c6ccccc6Oc6ccccc65)c5ccccc54)c3)n2)cc1.c1ccc(-c2nc(-c3ccccc3)nc(-c3ccc(N4c5ccccc5C5(c6ccccc6Oc6ccccc65)c5ccccc54)cc3)n2)cc1. The second-order valence-corrected chi connectivity index (χ2v) is 36.8. The molecule has 0 saturated heterocycles. The Bertz CT molecular complexity index is 8400. The Morgan fingerprint density at radius 3 is 0.769 bits per heavy atom. The van der Waals surface area contributed by atoms with Crippen LogP contribution in [0.3, 0.4) is 0 Å². The van der Waals surface area contributed by atoms with E-state index in [4.69, 9.17) is 44.4 Å². The van der Waals surface area contributed by atoms with Crippen LogP contribution in [0, 0.1) is 27.7 Å². The van der Waals surface area contributed by atoms with Crippen molar-refractivity contribution in [1.82, 2.24) is 39.5 Å². The Kier molecular flexibility index (Phi) is 21.7. The normalized spacial score (nSPS) is 12.8. The maximum absolute atomic E-state index is 6.57. The maximum Gasteiger partial charge on any atom is 0.164 e. The third-order valence-corrected chi connectivity index (χ3v) is 28.0. The Hall–Kier alpha value is -18.7. The summed E-state index contributed by atoms with van der Waals surface area (Å²) in [6.45, 7) is 8.80. The number of nitrogens with zero attached hydrogens (tertiary/aromatic N) is 10. The Labute approximate surface area is 830 Å². The molecule has 0 aliphatic carbocycles. The molecule has 0 saturated carbocycles. The average molecular weight is 1840 g/mol. The van der Waals surface area contributed by atoms with Gasteiger partial charge < -0.3 is 23.8 Å². The van der Waals surface area contributed by atoms with E-state index in [0.717, 1.165) is 164 Å². The number of hydrogen-bond donors (Lipinski definition) is 0. The molecule has 8 heterocycles. The number of rotatable bonds is 12. The number of fused-ring (bicyclic) bond motifs is 19. The van der Waals surface area contributed by atoms with Gasteiger partial charge in [-0.1, -0.05) is 363 Å². The van der Waals surface area contributed by atoms with E-state index in [9.17, 15) is 0 Å². The van der Waals surface area contributed by atoms with E-state index in [1.807, 2.05) is 146 Å². The molecule has 0 N–H and O–H groups in total. The molecule has 0 amide bonds. The Morgan fingerprint density at radius 2 is 0.441 bits per heavy atom. The molecule has 27 rings (SSSR count). The molecule has 0 atom stereocenters. The molecule has 12 heteroatoms. The topological polar surface area (TPSA) is 120 Å². The zero-order valence-corrected chi connectivity index (χ0v) is 79.0. The molecule has 0 bridgehead atoms. The zero-order valence-electron chi connectivity index (χ0n) is 79.0. The van der Waals surface area contributed by atoms with Crippen molar-refractivity contribution in [3.63, 3.8) is 0 Å². The van der Waals surface area contributed by atoms with Gasteiger partial charge in [0.15, 0.2) is 29.1 Å². The van der Waals surface area contributed by atoms with Crippen LogP contribution in [0.2, 0.25) is 0 Å². The van der Waals surface area contributed by atoms with Crippen LogP contribution in [0.4, 0.5) is 34.1 Å². The van der Waals surface area contributed by atoms with E-state index in [1.54, 1.807) is 0 Å². The standard InChI is InChI=1S/C47H31N3O.C46H30N4O.C38H31N3/c1-3-16-32(17-4-1)40-31-41(33-18-5-2-6-19-33)49-46(48-40)34-20-15-21-35(30-34)50-42-26-11-7-22-36(42)47(37-23-8-12-27-43(37)50)38-24-9-13-28-44(38)51-45-29-14-10-25-39(45)47;1-3-15-31(16-4-1)43-47-44(32-17-5-2-6-18-32)49-45(48-43)33-27-29-34(30-28-33)50-39-23-11-7-19-35(39)46(36-20-8-12-24-40(36)50)37-21-9-13-25-41(37)51-42-26-14-10-22-38(42)46;1-24-19-26(3)36-32(21-24)33-22-25(2)20-27(4)37(33)41(36)31-17-15-30(16-18-31)38-39-34(28-11-7-5-8-12-28)23-35(40-38)29-13-9-6-10-14-29/h1-31H;1-30H;5-23H,1-4H3. The van der Waals surface area contributed by atoms with Crippen LogP contribution in [-0.4, -0.2) is 39.5 Å². The third-order valence-electron chi connectivity index (χ3n) is 28.0. The minimum atomic E-state index is -0.579. The summed E-state index contributed by atoms with van der Waals surface area (Å²) in [5, 5.41) is 2.61. The van der Waals surface area contributed by atoms with Crippen molar-refractivity contribution in [3.05, 3.63) is 552 Å². The lowest BCUT2D eigenvalue weighted by Gasteiger charge is -2.48. The predicted molar refractivity (Wildman–Crippen MR) is 579 cm³/mol. The van der Waals surface area contributed by atoms with Crippen LogP contribution in [0.1, 0.15) is 66.8 Å². The summed E-state index contributed by atoms with van der Waals surface area (Å²) >= 11 is 0. The highest BCUT2D eigenvalue weighted by atomic mass is 16.5. The predicted octanol–water partition coefficient (Wildman–Crippen LogP) is 32.7. The highest BCUT2D eigenvalue weighted by Gasteiger charge is 2.53. The summed E-state index contributed by atoms with van der Waals surface area (Å²) in [7, 11) is 0. The highest BCUT2D eigenvalue weighted by molar-refractivity contribution is 6.12. The van der Waals surface area contributed by atoms with Gasteiger partial charge >= 0.3 is 0 Å². The van der Waals surface area contributed by atoms with Crippen LogP contribution in [0.25, 0.3) is 129 Å². The summed E-state index contributed by atoms with van der Waals surface area (Å²) in [6, 6.07) is 170. The average Bonchev–Trinajstić information content (AvgIpc) is 1.27. The van der Waals surface area contributed by atoms with Crippen LogP contribution in [0.5, 0.6) is 23.0 Å². The smallest absolute Gasteiger partial charge is 0.164 e. The molecule has 19 aromatic carbocycles. The van der Waals surface area contributed by atoms with Crippen LogP contribution in [-0.2, 0) is 10.8 Å². The van der Waals surface area contributed by atoms with Crippen molar-refractivity contribution in [2.45, 2.75) is 38.5 Å². The van der Waals surface area contributed by atoms with E-state index < -0.39 is 10.8 Å². The number of aromatic nitrogens is 8. The summed E-state index contributed by atoms with van der Waals surface area (Å²) in [5.74, 6) is 6.82. The summed E-state index contributed by atoms with van der Waals surface area (Å²) in [4.78, 5) is 39.9. The van der Waals surface area contributed by atoms with Gasteiger partial charge in [-0.2, -0.15) is 0 Å². The van der Waals surface area contributed by atoms with Gasteiger partial charge in [0.2, 0.25) is 0 Å². The summed E-state index contributed by atoms with van der Waals surface area (Å²) in [5.41, 5.74) is 36.1. The molecular weight excluding hydrogens is 1750 g/mol. The molecule has 678 valence electrons. The molecule has 0 unspecified atom stereocenters. The Morgan fingerprint density at radius 1 is 0.189 bits per heavy atom. The maximum atomic E-state index is 6.57. The first-order chi connectivity index (χ1) is 70.5. The second-order valence-electron chi connectivity index (χ2n) is 36.8. The van der Waals surface area contributed by atoms with Crippen molar-refractivity contribution >= 4 is 55.9 Å². The van der Waals surface area contributed by atoms with Gasteiger partial charge in [-0.3, -0.25) is 0 Å². The zero-order chi connectivity index (χ0) is 95.6. The van der Waals surface area contributed by atoms with E-state index in [0.29, 0.717) is 23.3 Å². The molecule has 4 aliphatic heterocycles. The van der Waals surface area contributed by atoms with E-state index in [2.05, 4.69) is 382 Å². The van der Waals surface area contributed by atoms with Crippen molar-refractivity contribution < 1.29 is 9.47 Å². The van der Waals surface area contributed by atoms with Gasteiger partial charge in [-0.05, 0) is 195 Å². The van der Waals surface area contributed by atoms with Crippen molar-refractivity contribution in [2.24, 2.45) is 0 Å². The lowest BCUT2D eigenvalue weighted by molar-refractivity contribution is 0.434. The molecule has 0 fully saturated rings. The largest absolute Gasteiger partial charge is 0.457 e. The van der Waals surface area contributed by atoms with Gasteiger partial charge in [0, 0.05) is 100 Å². The lowest BCUT2D eigenvalue weighted by Crippen LogP contribution is -2.39. The number of benzene rings is 19. The first-order valence-electron chi connectivity index (χ1n) is 48.5. The van der Waals surface area contributed by atoms with Gasteiger partial charge in [-0.15, -0.1) is 0 Å². The van der Waals surface area contributed by atoms with Gasteiger partial charge in [0.05, 0.1) is 67.4 Å². The molecule has 0 radical (unpaired) electrons. The van der Waals surface area contributed by atoms with Crippen LogP contribution >= 0.6 is 0 Å². The number of ether oxygens (including phenoxy) is 2. The van der Waals surface area contributed by atoms with Crippen LogP contribution < -0.4 is 19.3 Å². The van der Waals surface area contributed by atoms with Gasteiger partial charge in [0.1, 0.15) is 23.0 Å². The van der Waals surface area contributed by atoms with Gasteiger partial charge in [-0.25, -0.2) is 34.9 Å². The number of aryl methyl sites for hydroxylation is 4. The van der Waals surface area contributed by atoms with Crippen LogP contribution in [0.15, 0.2) is 485 Å². The summed E-state index contributed by atoms with van der Waals surface area (Å²) in [6.07, 6.45) is 0. The van der Waals surface area contributed by atoms with Gasteiger partial charge in [0.25, 0.3) is 0 Å². The van der Waals surface area contributed by atoms with E-state index >= 15 is 0 Å². The molecule has 4 aromatic heterocycles. The second kappa shape index (κ2) is 36.0. The molecule has 2 spiro atoms. The van der Waals surface area contributed by atoms with Crippen molar-refractivity contribution in [1.29, 1.82) is 0 Å². The minimum Gasteiger partial charge on any atom is -0.457 e. The third kappa shape index (κ3) is 15.1. The molecule has 12 nitrogen and oxygen atoms in total. The summed E-state index contributed by atoms with van der Waals surface area (Å²) < 4.78 is 15.5. The molecule has 143 heavy (non-hydrogen) atoms. The highest BCUT2D eigenvalue weighted by Crippen LogP contribution is 2.65. The monoisotopic (exact) mass is 1840 g/mol. The van der Waals surface area contributed by atoms with Crippen molar-refractivity contribution in [2.75, 3.05) is 9.80 Å². The molecule has 4 aliphatic rings. The van der Waals surface area contributed by atoms with Crippen molar-refractivity contribution in [3.8, 4) is 131 Å². The molecular formula is C131H92N10O2. The Balaban J connectivity index is 0.000000113. The first kappa shape index (κ1) is 86.0. The lowest BCUT2D eigenvalue weighted by atomic mass is 9.61. The fourth-order valence-corrected chi connectivity index (χ4v) is 21.9. The first-order valence-corrected chi connectivity index (χ1v) is 48.5. The molecule has 23 aromatic rings. The number of anilines is 6.